The molecule has 2 aromatic rings. The van der Waals surface area contributed by atoms with Gasteiger partial charge in [0.15, 0.2) is 0 Å². The number of methoxy groups -OCH3 is 1. The zero-order valence-corrected chi connectivity index (χ0v) is 20.6. The van der Waals surface area contributed by atoms with Gasteiger partial charge in [-0.3, -0.25) is 9.69 Å². The van der Waals surface area contributed by atoms with Crippen LogP contribution in [0.1, 0.15) is 43.0 Å². The van der Waals surface area contributed by atoms with E-state index in [0.29, 0.717) is 19.1 Å². The van der Waals surface area contributed by atoms with Crippen molar-refractivity contribution in [2.75, 3.05) is 66.3 Å². The molecule has 1 atom stereocenters. The number of H-pyrrole nitrogens is 1. The van der Waals surface area contributed by atoms with Crippen molar-refractivity contribution in [3.8, 4) is 5.75 Å². The molecule has 0 aliphatic carbocycles. The van der Waals surface area contributed by atoms with Crippen LogP contribution in [-0.2, 0) is 19.7 Å². The minimum atomic E-state index is -0.125. The standard InChI is InChI=1S/C27H37N3O5/c1-33-20-2-3-21-22(12-20)28-25-23(14-31)29(13-18-4-8-34-9-5-18)15-27(24(21)25)16-30(17-27)26(32)19-6-10-35-11-7-19/h2-3,12,18-19,23,28,31H,4-11,13-17H2,1H3/t23-/m1/s1. The Kier molecular flexibility index (Phi) is 6.25. The highest BCUT2D eigenvalue weighted by Crippen LogP contribution is 2.49. The summed E-state index contributed by atoms with van der Waals surface area (Å²) in [5.41, 5.74) is 3.30. The highest BCUT2D eigenvalue weighted by atomic mass is 16.5. The van der Waals surface area contributed by atoms with Crippen LogP contribution in [0.25, 0.3) is 10.9 Å². The van der Waals surface area contributed by atoms with E-state index in [1.807, 2.05) is 12.1 Å². The molecule has 8 nitrogen and oxygen atoms in total. The van der Waals surface area contributed by atoms with Crippen LogP contribution in [0.4, 0.5) is 0 Å². The summed E-state index contributed by atoms with van der Waals surface area (Å²) >= 11 is 0. The molecule has 2 N–H and O–H groups in total. The molecule has 3 saturated heterocycles. The van der Waals surface area contributed by atoms with Crippen LogP contribution in [0.15, 0.2) is 18.2 Å². The van der Waals surface area contributed by atoms with E-state index in [0.717, 1.165) is 82.0 Å². The first-order valence-electron chi connectivity index (χ1n) is 13.1. The van der Waals surface area contributed by atoms with Gasteiger partial charge in [-0.15, -0.1) is 0 Å². The summed E-state index contributed by atoms with van der Waals surface area (Å²) in [7, 11) is 1.68. The van der Waals surface area contributed by atoms with E-state index in [2.05, 4.69) is 20.9 Å². The number of aliphatic hydroxyl groups excluding tert-OH is 1. The van der Waals surface area contributed by atoms with E-state index < -0.39 is 0 Å². The normalized spacial score (nSPS) is 25.5. The van der Waals surface area contributed by atoms with Gasteiger partial charge in [0.05, 0.1) is 19.8 Å². The first-order chi connectivity index (χ1) is 17.1. The predicted octanol–water partition coefficient (Wildman–Crippen LogP) is 2.46. The Bertz CT molecular complexity index is 1070. The minimum Gasteiger partial charge on any atom is -0.497 e. The number of rotatable bonds is 5. The minimum absolute atomic E-state index is 0.0704. The van der Waals surface area contributed by atoms with Gasteiger partial charge >= 0.3 is 0 Å². The molecule has 8 heteroatoms. The van der Waals surface area contributed by atoms with Crippen LogP contribution in [0, 0.1) is 11.8 Å². The Labute approximate surface area is 206 Å². The summed E-state index contributed by atoms with van der Waals surface area (Å²) in [6, 6.07) is 6.12. The quantitative estimate of drug-likeness (QED) is 0.680. The molecule has 0 saturated carbocycles. The Balaban J connectivity index is 1.34. The van der Waals surface area contributed by atoms with Gasteiger partial charge in [-0.05, 0) is 49.3 Å². The number of benzene rings is 1. The molecule has 190 valence electrons. The molecule has 1 amide bonds. The summed E-state index contributed by atoms with van der Waals surface area (Å²) < 4.78 is 16.6. The maximum absolute atomic E-state index is 13.3. The fourth-order valence-corrected chi connectivity index (χ4v) is 6.87. The molecule has 6 rings (SSSR count). The van der Waals surface area contributed by atoms with E-state index in [9.17, 15) is 9.90 Å². The summed E-state index contributed by atoms with van der Waals surface area (Å²) in [5, 5.41) is 11.7. The van der Waals surface area contributed by atoms with E-state index in [4.69, 9.17) is 14.2 Å². The summed E-state index contributed by atoms with van der Waals surface area (Å²) in [6.07, 6.45) is 3.77. The zero-order valence-electron chi connectivity index (χ0n) is 20.6. The first-order valence-corrected chi connectivity index (χ1v) is 13.1. The van der Waals surface area contributed by atoms with Crippen LogP contribution in [0.2, 0.25) is 0 Å². The monoisotopic (exact) mass is 483 g/mol. The van der Waals surface area contributed by atoms with Gasteiger partial charge in [-0.2, -0.15) is 0 Å². The summed E-state index contributed by atoms with van der Waals surface area (Å²) in [4.78, 5) is 21.5. The molecule has 5 heterocycles. The van der Waals surface area contributed by atoms with Crippen LogP contribution in [0.5, 0.6) is 5.75 Å². The van der Waals surface area contributed by atoms with Gasteiger partial charge in [-0.1, -0.05) is 0 Å². The summed E-state index contributed by atoms with van der Waals surface area (Å²) in [6.45, 7) is 6.34. The molecule has 1 aromatic heterocycles. The number of nitrogens with zero attached hydrogens (tertiary/aromatic N) is 2. The van der Waals surface area contributed by atoms with Gasteiger partial charge in [0.25, 0.3) is 0 Å². The topological polar surface area (TPSA) is 87.3 Å². The van der Waals surface area contributed by atoms with Gasteiger partial charge in [0.2, 0.25) is 5.91 Å². The number of hydrogen-bond acceptors (Lipinski definition) is 6. The Morgan fingerprint density at radius 2 is 1.83 bits per heavy atom. The second-order valence-electron chi connectivity index (χ2n) is 10.9. The largest absolute Gasteiger partial charge is 0.497 e. The maximum Gasteiger partial charge on any atom is 0.225 e. The van der Waals surface area contributed by atoms with E-state index in [-0.39, 0.29) is 29.9 Å². The highest BCUT2D eigenvalue weighted by Gasteiger charge is 2.54. The number of aromatic amines is 1. The lowest BCUT2D eigenvalue weighted by molar-refractivity contribution is -0.148. The lowest BCUT2D eigenvalue weighted by atomic mass is 9.68. The average Bonchev–Trinajstić information content (AvgIpc) is 3.26. The number of hydrogen-bond donors (Lipinski definition) is 2. The molecule has 35 heavy (non-hydrogen) atoms. The molecule has 0 radical (unpaired) electrons. The van der Waals surface area contributed by atoms with Gasteiger partial charge in [-0.25, -0.2) is 0 Å². The predicted molar refractivity (Wildman–Crippen MR) is 132 cm³/mol. The molecule has 4 aliphatic heterocycles. The first kappa shape index (κ1) is 23.3. The van der Waals surface area contributed by atoms with Crippen molar-refractivity contribution in [2.24, 2.45) is 11.8 Å². The number of aromatic nitrogens is 1. The number of nitrogens with one attached hydrogen (secondary N) is 1. The third kappa shape index (κ3) is 4.04. The fraction of sp³-hybridized carbons (Fsp3) is 0.667. The van der Waals surface area contributed by atoms with Crippen molar-refractivity contribution in [1.29, 1.82) is 0 Å². The van der Waals surface area contributed by atoms with Crippen molar-refractivity contribution >= 4 is 16.8 Å². The number of fused-ring (bicyclic) bond motifs is 4. The van der Waals surface area contributed by atoms with E-state index in [1.165, 1.54) is 10.9 Å². The van der Waals surface area contributed by atoms with E-state index >= 15 is 0 Å². The smallest absolute Gasteiger partial charge is 0.225 e. The van der Waals surface area contributed by atoms with Crippen LogP contribution in [-0.4, -0.2) is 92.1 Å². The third-order valence-corrected chi connectivity index (χ3v) is 8.72. The fourth-order valence-electron chi connectivity index (χ4n) is 6.87. The number of carbonyl (C=O) groups excluding carboxylic acids is 1. The molecule has 1 spiro atoms. The van der Waals surface area contributed by atoms with Gasteiger partial charge in [0.1, 0.15) is 5.75 Å². The number of likely N-dealkylation sites (tertiary alicyclic amines) is 1. The summed E-state index contributed by atoms with van der Waals surface area (Å²) in [5.74, 6) is 1.75. The number of ether oxygens (including phenoxy) is 3. The molecular formula is C27H37N3O5. The molecular weight excluding hydrogens is 446 g/mol. The highest BCUT2D eigenvalue weighted by molar-refractivity contribution is 5.89. The van der Waals surface area contributed by atoms with Crippen molar-refractivity contribution < 1.29 is 24.1 Å². The van der Waals surface area contributed by atoms with Crippen LogP contribution >= 0.6 is 0 Å². The molecule has 0 bridgehead atoms. The molecule has 3 fully saturated rings. The van der Waals surface area contributed by atoms with Crippen molar-refractivity contribution in [2.45, 2.75) is 37.1 Å². The zero-order chi connectivity index (χ0) is 24.0. The molecule has 4 aliphatic rings. The Morgan fingerprint density at radius 3 is 2.51 bits per heavy atom. The number of amides is 1. The maximum atomic E-state index is 13.3. The van der Waals surface area contributed by atoms with Crippen LogP contribution in [0.3, 0.4) is 0 Å². The van der Waals surface area contributed by atoms with Gasteiger partial charge in [0, 0.05) is 86.6 Å². The SMILES string of the molecule is COc1ccc2c3c([nH]c2c1)[C@@H](CO)N(CC1CCOCC1)CC31CN(C(=O)C2CCOCC2)C1. The van der Waals surface area contributed by atoms with Crippen molar-refractivity contribution in [3.63, 3.8) is 0 Å². The number of aliphatic hydroxyl groups is 1. The lowest BCUT2D eigenvalue weighted by Crippen LogP contribution is -2.68. The van der Waals surface area contributed by atoms with Crippen molar-refractivity contribution in [1.82, 2.24) is 14.8 Å². The van der Waals surface area contributed by atoms with Crippen LogP contribution < -0.4 is 4.74 Å². The third-order valence-electron chi connectivity index (χ3n) is 8.72. The Morgan fingerprint density at radius 1 is 1.11 bits per heavy atom. The van der Waals surface area contributed by atoms with Crippen molar-refractivity contribution in [3.05, 3.63) is 29.5 Å². The average molecular weight is 484 g/mol. The number of carbonyl (C=O) groups is 1. The molecule has 1 aromatic carbocycles. The molecule has 0 unspecified atom stereocenters. The van der Waals surface area contributed by atoms with E-state index in [1.54, 1.807) is 7.11 Å². The second-order valence-corrected chi connectivity index (χ2v) is 10.9. The lowest BCUT2D eigenvalue weighted by Gasteiger charge is -2.57. The Hall–Kier alpha value is -2.13. The second kappa shape index (κ2) is 9.39. The van der Waals surface area contributed by atoms with Gasteiger partial charge < -0.3 is 29.2 Å².